The smallest absolute Gasteiger partial charge is 0.327 e. The molecule has 0 saturated carbocycles. The molecule has 1 fully saturated rings. The standard InChI is InChI=1S/C10H16N5O5P/c11-10-13-8-7(9(16)14-10)12-4-15(8)6-2-1-5(20-6)3-19-21(17)18/h5-6,12,17-18H,1-4H2,(H3,11,13,14,16). The second-order valence-electron chi connectivity index (χ2n) is 4.79. The Labute approximate surface area is 120 Å². The molecule has 0 bridgehead atoms. The molecule has 0 aromatic carbocycles. The highest BCUT2D eigenvalue weighted by Gasteiger charge is 2.35. The summed E-state index contributed by atoms with van der Waals surface area (Å²) in [4.78, 5) is 37.6. The van der Waals surface area contributed by atoms with Crippen molar-refractivity contribution in [2.45, 2.75) is 25.2 Å². The Balaban J connectivity index is 1.70. The monoisotopic (exact) mass is 317 g/mol. The first-order chi connectivity index (χ1) is 10.0. The van der Waals surface area contributed by atoms with Crippen LogP contribution in [0.1, 0.15) is 12.8 Å². The number of nitrogens with one attached hydrogen (secondary N) is 2. The van der Waals surface area contributed by atoms with Gasteiger partial charge < -0.3 is 35.0 Å². The molecular weight excluding hydrogens is 301 g/mol. The van der Waals surface area contributed by atoms with Crippen molar-refractivity contribution >= 4 is 26.1 Å². The average molecular weight is 317 g/mol. The summed E-state index contributed by atoms with van der Waals surface area (Å²) in [6, 6.07) is 0. The molecule has 0 aliphatic carbocycles. The van der Waals surface area contributed by atoms with Crippen LogP contribution < -0.4 is 21.5 Å². The molecule has 0 spiro atoms. The normalized spacial score (nSPS) is 24.4. The maximum Gasteiger partial charge on any atom is 0.327 e. The molecule has 1 aromatic rings. The molecule has 2 atom stereocenters. The number of hydrogen-bond donors (Lipinski definition) is 5. The Kier molecular flexibility index (Phi) is 3.96. The van der Waals surface area contributed by atoms with Crippen molar-refractivity contribution in [3.63, 3.8) is 0 Å². The van der Waals surface area contributed by atoms with Crippen molar-refractivity contribution in [3.05, 3.63) is 10.4 Å². The number of nitrogen functional groups attached to an aromatic ring is 1. The van der Waals surface area contributed by atoms with Gasteiger partial charge in [-0.25, -0.2) is 0 Å². The zero-order valence-corrected chi connectivity index (χ0v) is 11.9. The van der Waals surface area contributed by atoms with Crippen LogP contribution in [0.25, 0.3) is 0 Å². The summed E-state index contributed by atoms with van der Waals surface area (Å²) in [6.45, 7) is 0.522. The quantitative estimate of drug-likeness (QED) is 0.454. The van der Waals surface area contributed by atoms with Crippen LogP contribution in [0.5, 0.6) is 0 Å². The summed E-state index contributed by atoms with van der Waals surface area (Å²) in [7, 11) is -2.37. The van der Waals surface area contributed by atoms with E-state index in [4.69, 9.17) is 24.8 Å². The van der Waals surface area contributed by atoms with Crippen LogP contribution in [0.4, 0.5) is 17.5 Å². The van der Waals surface area contributed by atoms with Crippen LogP contribution in [0.2, 0.25) is 0 Å². The highest BCUT2D eigenvalue weighted by atomic mass is 31.2. The SMILES string of the molecule is Nc1nc2c(c(=O)[nH]1)NCN2C1CCC(COP(O)O)O1. The summed E-state index contributed by atoms with van der Waals surface area (Å²) in [5.41, 5.74) is 5.63. The lowest BCUT2D eigenvalue weighted by atomic mass is 10.2. The Morgan fingerprint density at radius 3 is 3.10 bits per heavy atom. The molecule has 3 heterocycles. The molecule has 0 radical (unpaired) electrons. The largest absolute Gasteiger partial charge is 0.369 e. The molecule has 11 heteroatoms. The van der Waals surface area contributed by atoms with Gasteiger partial charge in [0.1, 0.15) is 11.9 Å². The van der Waals surface area contributed by atoms with E-state index in [2.05, 4.69) is 15.3 Å². The molecule has 2 unspecified atom stereocenters. The second kappa shape index (κ2) is 5.74. The van der Waals surface area contributed by atoms with Crippen molar-refractivity contribution < 1.29 is 19.0 Å². The van der Waals surface area contributed by atoms with Gasteiger partial charge in [0.2, 0.25) is 5.95 Å². The zero-order valence-electron chi connectivity index (χ0n) is 11.0. The van der Waals surface area contributed by atoms with Gasteiger partial charge in [-0.3, -0.25) is 9.78 Å². The zero-order chi connectivity index (χ0) is 15.0. The number of nitrogens with two attached hydrogens (primary N) is 1. The van der Waals surface area contributed by atoms with Crippen LogP contribution in [0.15, 0.2) is 4.79 Å². The highest BCUT2D eigenvalue weighted by Crippen LogP contribution is 2.34. The van der Waals surface area contributed by atoms with Crippen molar-refractivity contribution in [1.82, 2.24) is 9.97 Å². The third-order valence-corrected chi connectivity index (χ3v) is 3.81. The van der Waals surface area contributed by atoms with Gasteiger partial charge in [-0.2, -0.15) is 4.98 Å². The van der Waals surface area contributed by atoms with Gasteiger partial charge in [0.15, 0.2) is 5.82 Å². The lowest BCUT2D eigenvalue weighted by Gasteiger charge is -2.24. The second-order valence-corrected chi connectivity index (χ2v) is 5.56. The number of aromatic amines is 1. The summed E-state index contributed by atoms with van der Waals surface area (Å²) >= 11 is 0. The Morgan fingerprint density at radius 1 is 1.52 bits per heavy atom. The lowest BCUT2D eigenvalue weighted by molar-refractivity contribution is 0.0150. The molecule has 0 amide bonds. The molecule has 116 valence electrons. The molecule has 2 aliphatic rings. The third kappa shape index (κ3) is 2.94. The first-order valence-corrected chi connectivity index (χ1v) is 7.57. The maximum atomic E-state index is 11.8. The van der Waals surface area contributed by atoms with Gasteiger partial charge in [-0.15, -0.1) is 0 Å². The minimum atomic E-state index is -2.37. The minimum Gasteiger partial charge on any atom is -0.369 e. The van der Waals surface area contributed by atoms with Crippen LogP contribution in [-0.4, -0.2) is 45.4 Å². The van der Waals surface area contributed by atoms with Gasteiger partial charge in [-0.05, 0) is 12.8 Å². The van der Waals surface area contributed by atoms with Crippen molar-refractivity contribution in [2.75, 3.05) is 29.2 Å². The van der Waals surface area contributed by atoms with E-state index in [1.165, 1.54) is 0 Å². The van der Waals surface area contributed by atoms with E-state index < -0.39 is 8.60 Å². The van der Waals surface area contributed by atoms with Crippen LogP contribution >= 0.6 is 8.60 Å². The van der Waals surface area contributed by atoms with E-state index in [0.29, 0.717) is 18.2 Å². The average Bonchev–Trinajstić information content (AvgIpc) is 3.02. The number of aromatic nitrogens is 2. The molecule has 21 heavy (non-hydrogen) atoms. The molecular formula is C10H16N5O5P. The Morgan fingerprint density at radius 2 is 2.33 bits per heavy atom. The minimum absolute atomic E-state index is 0.0523. The Bertz CT molecular complexity index is 581. The summed E-state index contributed by atoms with van der Waals surface area (Å²) in [5.74, 6) is 0.519. The van der Waals surface area contributed by atoms with Crippen LogP contribution in [0.3, 0.4) is 0 Å². The maximum absolute atomic E-state index is 11.8. The van der Waals surface area contributed by atoms with E-state index in [-0.39, 0.29) is 30.4 Å². The number of anilines is 3. The van der Waals surface area contributed by atoms with Gasteiger partial charge in [0.25, 0.3) is 5.56 Å². The molecule has 1 saturated heterocycles. The fourth-order valence-corrected chi connectivity index (χ4v) is 2.81. The topological polar surface area (TPSA) is 146 Å². The number of H-pyrrole nitrogens is 1. The first kappa shape index (κ1) is 14.5. The van der Waals surface area contributed by atoms with Gasteiger partial charge in [0.05, 0.1) is 19.4 Å². The lowest BCUT2D eigenvalue weighted by Crippen LogP contribution is -2.36. The first-order valence-electron chi connectivity index (χ1n) is 6.41. The predicted octanol–water partition coefficient (Wildman–Crippen LogP) is -0.725. The molecule has 2 aliphatic heterocycles. The molecule has 10 nitrogen and oxygen atoms in total. The third-order valence-electron chi connectivity index (χ3n) is 3.43. The van der Waals surface area contributed by atoms with Gasteiger partial charge in [0, 0.05) is 0 Å². The fourth-order valence-electron chi connectivity index (χ4n) is 2.51. The number of fused-ring (bicyclic) bond motifs is 1. The van der Waals surface area contributed by atoms with Crippen molar-refractivity contribution in [2.24, 2.45) is 0 Å². The van der Waals surface area contributed by atoms with Crippen molar-refractivity contribution in [1.29, 1.82) is 0 Å². The van der Waals surface area contributed by atoms with Crippen molar-refractivity contribution in [3.8, 4) is 0 Å². The number of nitrogens with zero attached hydrogens (tertiary/aromatic N) is 2. The van der Waals surface area contributed by atoms with Crippen LogP contribution in [0, 0.1) is 0 Å². The van der Waals surface area contributed by atoms with E-state index in [9.17, 15) is 4.79 Å². The van der Waals surface area contributed by atoms with E-state index >= 15 is 0 Å². The summed E-state index contributed by atoms with van der Waals surface area (Å²) < 4.78 is 10.6. The van der Waals surface area contributed by atoms with E-state index in [1.807, 2.05) is 4.90 Å². The molecule has 6 N–H and O–H groups in total. The number of hydrogen-bond acceptors (Lipinski definition) is 9. The predicted molar refractivity (Wildman–Crippen MR) is 75.4 cm³/mol. The highest BCUT2D eigenvalue weighted by molar-refractivity contribution is 7.39. The molecule has 1 aromatic heterocycles. The Hall–Kier alpha value is -1.45. The van der Waals surface area contributed by atoms with E-state index in [0.717, 1.165) is 12.8 Å². The summed E-state index contributed by atoms with van der Waals surface area (Å²) in [5, 5.41) is 2.96. The van der Waals surface area contributed by atoms with Crippen LogP contribution in [-0.2, 0) is 9.26 Å². The number of rotatable bonds is 4. The van der Waals surface area contributed by atoms with Gasteiger partial charge >= 0.3 is 8.60 Å². The van der Waals surface area contributed by atoms with E-state index in [1.54, 1.807) is 0 Å². The fraction of sp³-hybridized carbons (Fsp3) is 0.600. The molecule has 3 rings (SSSR count). The number of ether oxygens (including phenoxy) is 1. The summed E-state index contributed by atoms with van der Waals surface area (Å²) in [6.07, 6.45) is 0.962. The van der Waals surface area contributed by atoms with Gasteiger partial charge in [-0.1, -0.05) is 0 Å².